The van der Waals surface area contributed by atoms with Crippen molar-refractivity contribution in [3.63, 3.8) is 0 Å². The van der Waals surface area contributed by atoms with Crippen molar-refractivity contribution in [3.8, 4) is 0 Å². The molecule has 1 aromatic carbocycles. The fourth-order valence-electron chi connectivity index (χ4n) is 3.97. The standard InChI is InChI=1S/C19H24ClNO3S/c1-24-17(22)13-25-16-8-11-21(12-16)18(23)19(9-2-3-10-19)14-4-6-15(20)7-5-14/h4-7,16H,2-3,8-13H2,1H3/t16-/m0/s1. The number of methoxy groups -OCH3 is 1. The maximum absolute atomic E-state index is 13.4. The van der Waals surface area contributed by atoms with Crippen molar-refractivity contribution in [2.75, 3.05) is 26.0 Å². The van der Waals surface area contributed by atoms with Gasteiger partial charge in [-0.3, -0.25) is 9.59 Å². The molecule has 0 bridgehead atoms. The van der Waals surface area contributed by atoms with Crippen molar-refractivity contribution in [3.05, 3.63) is 34.9 Å². The summed E-state index contributed by atoms with van der Waals surface area (Å²) in [4.78, 5) is 26.7. The maximum Gasteiger partial charge on any atom is 0.315 e. The second kappa shape index (κ2) is 8.00. The molecule has 0 N–H and O–H groups in total. The van der Waals surface area contributed by atoms with Crippen LogP contribution in [0.4, 0.5) is 0 Å². The lowest BCUT2D eigenvalue weighted by Gasteiger charge is -2.33. The molecule has 0 spiro atoms. The van der Waals surface area contributed by atoms with E-state index in [1.807, 2.05) is 29.2 Å². The Morgan fingerprint density at radius 3 is 2.60 bits per heavy atom. The average molecular weight is 382 g/mol. The van der Waals surface area contributed by atoms with Gasteiger partial charge in [-0.2, -0.15) is 0 Å². The number of hydrogen-bond donors (Lipinski definition) is 0. The molecule has 1 heterocycles. The summed E-state index contributed by atoms with van der Waals surface area (Å²) in [7, 11) is 1.41. The predicted molar refractivity (Wildman–Crippen MR) is 101 cm³/mol. The second-order valence-corrected chi connectivity index (χ2v) is 8.57. The quantitative estimate of drug-likeness (QED) is 0.730. The van der Waals surface area contributed by atoms with E-state index in [1.54, 1.807) is 11.8 Å². The third-order valence-corrected chi connectivity index (χ3v) is 6.87. The fourth-order valence-corrected chi connectivity index (χ4v) is 5.14. The van der Waals surface area contributed by atoms with Gasteiger partial charge >= 0.3 is 5.97 Å². The molecule has 1 aliphatic carbocycles. The monoisotopic (exact) mass is 381 g/mol. The summed E-state index contributed by atoms with van der Waals surface area (Å²) in [5.74, 6) is 0.391. The SMILES string of the molecule is COC(=O)CS[C@H]1CCN(C(=O)C2(c3ccc(Cl)cc3)CCCC2)C1. The van der Waals surface area contributed by atoms with Gasteiger partial charge in [-0.15, -0.1) is 11.8 Å². The highest BCUT2D eigenvalue weighted by molar-refractivity contribution is 8.00. The van der Waals surface area contributed by atoms with Crippen LogP contribution in [0.1, 0.15) is 37.7 Å². The molecule has 1 amide bonds. The summed E-state index contributed by atoms with van der Waals surface area (Å²) in [6.07, 6.45) is 4.92. The van der Waals surface area contributed by atoms with Crippen LogP contribution in [0.3, 0.4) is 0 Å². The second-order valence-electron chi connectivity index (χ2n) is 6.85. The van der Waals surface area contributed by atoms with Crippen LogP contribution in [0.25, 0.3) is 0 Å². The number of nitrogens with zero attached hydrogens (tertiary/aromatic N) is 1. The number of thioether (sulfide) groups is 1. The number of carbonyl (C=O) groups excluding carboxylic acids is 2. The van der Waals surface area contributed by atoms with Crippen LogP contribution in [0.15, 0.2) is 24.3 Å². The summed E-state index contributed by atoms with van der Waals surface area (Å²) >= 11 is 7.62. The first kappa shape index (κ1) is 18.6. The number of amides is 1. The van der Waals surface area contributed by atoms with Gasteiger partial charge in [0.1, 0.15) is 0 Å². The highest BCUT2D eigenvalue weighted by Gasteiger charge is 2.46. The molecule has 1 saturated heterocycles. The van der Waals surface area contributed by atoms with Gasteiger partial charge in [-0.25, -0.2) is 0 Å². The lowest BCUT2D eigenvalue weighted by molar-refractivity contribution is -0.137. The molecule has 0 unspecified atom stereocenters. The lowest BCUT2D eigenvalue weighted by Crippen LogP contribution is -2.44. The number of benzene rings is 1. The molecule has 4 nitrogen and oxygen atoms in total. The van der Waals surface area contributed by atoms with Crippen LogP contribution < -0.4 is 0 Å². The molecule has 1 atom stereocenters. The number of carbonyl (C=O) groups is 2. The van der Waals surface area contributed by atoms with Crippen molar-refractivity contribution >= 4 is 35.2 Å². The number of halogens is 1. The van der Waals surface area contributed by atoms with Gasteiger partial charge in [0.05, 0.1) is 18.3 Å². The number of esters is 1. The smallest absolute Gasteiger partial charge is 0.315 e. The lowest BCUT2D eigenvalue weighted by atomic mass is 9.77. The van der Waals surface area contributed by atoms with E-state index in [0.29, 0.717) is 16.0 Å². The molecule has 2 aliphatic rings. The van der Waals surface area contributed by atoms with E-state index in [1.165, 1.54) is 7.11 Å². The third-order valence-electron chi connectivity index (χ3n) is 5.36. The van der Waals surface area contributed by atoms with Gasteiger partial charge in [0.25, 0.3) is 0 Å². The van der Waals surface area contributed by atoms with Gasteiger partial charge in [0, 0.05) is 23.4 Å². The van der Waals surface area contributed by atoms with Crippen LogP contribution in [0.5, 0.6) is 0 Å². The van der Waals surface area contributed by atoms with E-state index in [2.05, 4.69) is 0 Å². The molecule has 25 heavy (non-hydrogen) atoms. The number of likely N-dealkylation sites (tertiary alicyclic amines) is 1. The Bertz CT molecular complexity index is 628. The minimum Gasteiger partial charge on any atom is -0.468 e. The molecular formula is C19H24ClNO3S. The van der Waals surface area contributed by atoms with E-state index < -0.39 is 5.41 Å². The minimum absolute atomic E-state index is 0.205. The van der Waals surface area contributed by atoms with Crippen LogP contribution >= 0.6 is 23.4 Å². The van der Waals surface area contributed by atoms with Crippen LogP contribution in [0, 0.1) is 0 Å². The van der Waals surface area contributed by atoms with Gasteiger partial charge < -0.3 is 9.64 Å². The summed E-state index contributed by atoms with van der Waals surface area (Å²) in [5, 5.41) is 1.01. The van der Waals surface area contributed by atoms with Gasteiger partial charge in [0.15, 0.2) is 0 Å². The average Bonchev–Trinajstić information content (AvgIpc) is 3.30. The number of ether oxygens (including phenoxy) is 1. The molecule has 1 aromatic rings. The van der Waals surface area contributed by atoms with Crippen LogP contribution in [0.2, 0.25) is 5.02 Å². The summed E-state index contributed by atoms with van der Waals surface area (Å²) in [6, 6.07) is 7.77. The van der Waals surface area contributed by atoms with Crippen molar-refractivity contribution in [1.29, 1.82) is 0 Å². The zero-order chi connectivity index (χ0) is 17.9. The largest absolute Gasteiger partial charge is 0.468 e. The first-order valence-electron chi connectivity index (χ1n) is 8.79. The van der Waals surface area contributed by atoms with E-state index in [9.17, 15) is 9.59 Å². The van der Waals surface area contributed by atoms with Gasteiger partial charge in [0.2, 0.25) is 5.91 Å². The van der Waals surface area contributed by atoms with Crippen molar-refractivity contribution in [2.24, 2.45) is 0 Å². The zero-order valence-corrected chi connectivity index (χ0v) is 16.1. The van der Waals surface area contributed by atoms with Crippen molar-refractivity contribution < 1.29 is 14.3 Å². The highest BCUT2D eigenvalue weighted by Crippen LogP contribution is 2.43. The first-order chi connectivity index (χ1) is 12.0. The molecule has 0 aromatic heterocycles. The Hall–Kier alpha value is -1.20. The Labute approximate surface area is 158 Å². The van der Waals surface area contributed by atoms with E-state index >= 15 is 0 Å². The molecule has 1 saturated carbocycles. The minimum atomic E-state index is -0.396. The van der Waals surface area contributed by atoms with Crippen LogP contribution in [-0.2, 0) is 19.7 Å². The normalized spacial score (nSPS) is 22.2. The maximum atomic E-state index is 13.4. The molecule has 1 aliphatic heterocycles. The summed E-state index contributed by atoms with van der Waals surface area (Å²) < 4.78 is 4.70. The molecule has 3 rings (SSSR count). The van der Waals surface area contributed by atoms with Gasteiger partial charge in [-0.05, 0) is 37.0 Å². The Kier molecular flexibility index (Phi) is 5.95. The van der Waals surface area contributed by atoms with Gasteiger partial charge in [-0.1, -0.05) is 36.6 Å². The van der Waals surface area contributed by atoms with Crippen LogP contribution in [-0.4, -0.2) is 48.0 Å². The molecule has 136 valence electrons. The Morgan fingerprint density at radius 1 is 1.28 bits per heavy atom. The molecular weight excluding hydrogens is 358 g/mol. The third kappa shape index (κ3) is 3.98. The molecule has 6 heteroatoms. The van der Waals surface area contributed by atoms with E-state index in [0.717, 1.165) is 50.8 Å². The highest BCUT2D eigenvalue weighted by atomic mass is 35.5. The number of rotatable bonds is 5. The number of hydrogen-bond acceptors (Lipinski definition) is 4. The predicted octanol–water partition coefficient (Wildman–Crippen LogP) is 3.66. The topological polar surface area (TPSA) is 46.6 Å². The molecule has 2 fully saturated rings. The molecule has 0 radical (unpaired) electrons. The first-order valence-corrected chi connectivity index (χ1v) is 10.2. The zero-order valence-electron chi connectivity index (χ0n) is 14.5. The van der Waals surface area contributed by atoms with Crippen molar-refractivity contribution in [1.82, 2.24) is 4.90 Å². The Morgan fingerprint density at radius 2 is 1.96 bits per heavy atom. The fraction of sp³-hybridized carbons (Fsp3) is 0.579. The summed E-state index contributed by atoms with van der Waals surface area (Å²) in [6.45, 7) is 1.49. The van der Waals surface area contributed by atoms with E-state index in [-0.39, 0.29) is 11.9 Å². The Balaban J connectivity index is 1.70. The van der Waals surface area contributed by atoms with Crippen molar-refractivity contribution in [2.45, 2.75) is 42.8 Å². The summed E-state index contributed by atoms with van der Waals surface area (Å²) in [5.41, 5.74) is 0.692. The van der Waals surface area contributed by atoms with E-state index in [4.69, 9.17) is 16.3 Å².